The Morgan fingerprint density at radius 2 is 0.810 bits per heavy atom. The summed E-state index contributed by atoms with van der Waals surface area (Å²) in [6, 6.07) is 71.8. The molecule has 0 aliphatic heterocycles. The molecule has 0 bridgehead atoms. The van der Waals surface area contributed by atoms with Crippen molar-refractivity contribution in [3.8, 4) is 78.7 Å². The molecule has 0 amide bonds. The predicted molar refractivity (Wildman–Crippen MR) is 239 cm³/mol. The van der Waals surface area contributed by atoms with E-state index in [0.29, 0.717) is 17.5 Å². The van der Waals surface area contributed by atoms with E-state index in [1.165, 1.54) is 53.9 Å². The number of rotatable bonds is 5. The first-order chi connectivity index (χ1) is 28.7. The molecular weight excluding hydrogens is 723 g/mol. The highest BCUT2D eigenvalue weighted by molar-refractivity contribution is 7.20. The first kappa shape index (κ1) is 32.9. The molecule has 12 rings (SSSR count). The molecule has 270 valence electrons. The Hall–Kier alpha value is -7.27. The quantitative estimate of drug-likeness (QED) is 0.176. The van der Waals surface area contributed by atoms with Crippen molar-refractivity contribution in [1.29, 1.82) is 0 Å². The van der Waals surface area contributed by atoms with Gasteiger partial charge in [-0.15, -0.1) is 11.3 Å². The van der Waals surface area contributed by atoms with Crippen LogP contribution >= 0.6 is 11.3 Å². The fraction of sp³-hybridized carbons (Fsp3) is 0.0185. The lowest BCUT2D eigenvalue weighted by atomic mass is 9.73. The minimum Gasteiger partial charge on any atom is -0.208 e. The molecule has 2 aliphatic rings. The Morgan fingerprint density at radius 3 is 1.52 bits per heavy atom. The van der Waals surface area contributed by atoms with E-state index in [1.54, 1.807) is 0 Å². The number of nitrogens with zero attached hydrogens (tertiary/aromatic N) is 3. The van der Waals surface area contributed by atoms with Gasteiger partial charge in [-0.25, -0.2) is 15.0 Å². The van der Waals surface area contributed by atoms with Gasteiger partial charge in [-0.1, -0.05) is 176 Å². The molecule has 0 N–H and O–H groups in total. The highest BCUT2D eigenvalue weighted by atomic mass is 32.1. The molecule has 58 heavy (non-hydrogen) atoms. The zero-order valence-electron chi connectivity index (χ0n) is 31.3. The van der Waals surface area contributed by atoms with E-state index in [1.807, 2.05) is 35.6 Å². The van der Waals surface area contributed by atoms with Crippen molar-refractivity contribution in [2.45, 2.75) is 5.41 Å². The molecule has 10 aromatic rings. The van der Waals surface area contributed by atoms with Gasteiger partial charge >= 0.3 is 0 Å². The molecule has 3 nitrogen and oxygen atoms in total. The minimum atomic E-state index is -0.406. The summed E-state index contributed by atoms with van der Waals surface area (Å²) in [4.78, 5) is 16.7. The van der Waals surface area contributed by atoms with Crippen molar-refractivity contribution >= 4 is 21.4 Å². The monoisotopic (exact) mass is 755 g/mol. The maximum Gasteiger partial charge on any atom is 0.164 e. The van der Waals surface area contributed by atoms with Crippen LogP contribution in [0, 0.1) is 0 Å². The lowest BCUT2D eigenvalue weighted by molar-refractivity contribution is 0.812. The molecule has 1 unspecified atom stereocenters. The minimum absolute atomic E-state index is 0.406. The predicted octanol–water partition coefficient (Wildman–Crippen LogP) is 13.8. The zero-order valence-corrected chi connectivity index (χ0v) is 32.1. The smallest absolute Gasteiger partial charge is 0.164 e. The van der Waals surface area contributed by atoms with E-state index < -0.39 is 5.41 Å². The molecule has 2 heterocycles. The third kappa shape index (κ3) is 4.89. The van der Waals surface area contributed by atoms with Crippen LogP contribution in [0.2, 0.25) is 0 Å². The molecule has 2 aromatic heterocycles. The molecule has 0 saturated carbocycles. The summed E-state index contributed by atoms with van der Waals surface area (Å²) < 4.78 is 1.33. The highest BCUT2D eigenvalue weighted by Crippen LogP contribution is 2.66. The molecule has 2 aliphatic carbocycles. The van der Waals surface area contributed by atoms with Gasteiger partial charge in [-0.3, -0.25) is 0 Å². The first-order valence-corrected chi connectivity index (χ1v) is 20.5. The summed E-state index contributed by atoms with van der Waals surface area (Å²) in [5.41, 5.74) is 16.3. The van der Waals surface area contributed by atoms with E-state index in [2.05, 4.69) is 176 Å². The Morgan fingerprint density at radius 1 is 0.328 bits per heavy atom. The van der Waals surface area contributed by atoms with Gasteiger partial charge in [0, 0.05) is 37.2 Å². The van der Waals surface area contributed by atoms with Crippen LogP contribution in [-0.4, -0.2) is 15.0 Å². The second-order valence-corrected chi connectivity index (χ2v) is 16.2. The molecule has 0 saturated heterocycles. The van der Waals surface area contributed by atoms with Crippen LogP contribution in [-0.2, 0) is 5.41 Å². The lowest BCUT2D eigenvalue weighted by Gasteiger charge is -2.29. The second-order valence-electron chi connectivity index (χ2n) is 15.1. The first-order valence-electron chi connectivity index (χ1n) is 19.7. The largest absolute Gasteiger partial charge is 0.208 e. The Bertz CT molecular complexity index is 3240. The number of aromatic nitrogens is 3. The van der Waals surface area contributed by atoms with Gasteiger partial charge in [0.05, 0.1) is 5.41 Å². The summed E-state index contributed by atoms with van der Waals surface area (Å²) in [6.45, 7) is 0. The van der Waals surface area contributed by atoms with Crippen LogP contribution in [0.15, 0.2) is 200 Å². The Balaban J connectivity index is 1.02. The van der Waals surface area contributed by atoms with Crippen molar-refractivity contribution in [2.75, 3.05) is 0 Å². The average Bonchev–Trinajstić information content (AvgIpc) is 3.93. The van der Waals surface area contributed by atoms with E-state index in [-0.39, 0.29) is 0 Å². The number of thiophene rings is 1. The molecule has 1 atom stereocenters. The van der Waals surface area contributed by atoms with Crippen LogP contribution < -0.4 is 0 Å². The number of hydrogen-bond acceptors (Lipinski definition) is 4. The third-order valence-corrected chi connectivity index (χ3v) is 13.2. The van der Waals surface area contributed by atoms with Crippen LogP contribution in [0.1, 0.15) is 21.6 Å². The maximum absolute atomic E-state index is 5.16. The van der Waals surface area contributed by atoms with Gasteiger partial charge in [-0.05, 0) is 79.9 Å². The Labute approximate surface area is 340 Å². The van der Waals surface area contributed by atoms with Gasteiger partial charge in [0.1, 0.15) is 0 Å². The van der Waals surface area contributed by atoms with Crippen molar-refractivity contribution in [2.24, 2.45) is 0 Å². The van der Waals surface area contributed by atoms with E-state index in [4.69, 9.17) is 15.0 Å². The topological polar surface area (TPSA) is 38.7 Å². The van der Waals surface area contributed by atoms with Crippen molar-refractivity contribution in [3.05, 3.63) is 222 Å². The maximum atomic E-state index is 5.16. The third-order valence-electron chi connectivity index (χ3n) is 11.9. The van der Waals surface area contributed by atoms with E-state index >= 15 is 0 Å². The van der Waals surface area contributed by atoms with E-state index in [9.17, 15) is 0 Å². The standard InChI is InChI=1S/C54H33N3S/c1-3-15-34(16-4-1)36-19-13-21-39(31-36)52-55-51(35-17-5-2-6-18-35)56-53(57-52)40-22-14-20-37(32-40)38-29-30-42-41-23-7-10-26-45(41)54(47(42)33-38)46-27-11-8-24-43(46)49-44-25-9-12-28-48(44)58-50(49)54/h1-33H. The molecule has 0 fully saturated rings. The second kappa shape index (κ2) is 12.9. The molecular formula is C54H33N3S. The zero-order chi connectivity index (χ0) is 38.2. The number of fused-ring (bicyclic) bond motifs is 12. The highest BCUT2D eigenvalue weighted by Gasteiger charge is 2.53. The summed E-state index contributed by atoms with van der Waals surface area (Å²) in [5.74, 6) is 1.93. The van der Waals surface area contributed by atoms with E-state index in [0.717, 1.165) is 38.9 Å². The number of hydrogen-bond donors (Lipinski definition) is 0. The molecule has 1 spiro atoms. The fourth-order valence-corrected chi connectivity index (χ4v) is 10.8. The van der Waals surface area contributed by atoms with Crippen LogP contribution in [0.4, 0.5) is 0 Å². The summed E-state index contributed by atoms with van der Waals surface area (Å²) in [5, 5.41) is 1.33. The molecule has 8 aromatic carbocycles. The van der Waals surface area contributed by atoms with Crippen LogP contribution in [0.3, 0.4) is 0 Å². The molecule has 0 radical (unpaired) electrons. The van der Waals surface area contributed by atoms with Gasteiger partial charge in [0.15, 0.2) is 17.5 Å². The van der Waals surface area contributed by atoms with Crippen LogP contribution in [0.5, 0.6) is 0 Å². The lowest BCUT2D eigenvalue weighted by Crippen LogP contribution is -2.24. The van der Waals surface area contributed by atoms with Gasteiger partial charge in [0.25, 0.3) is 0 Å². The normalized spacial score (nSPS) is 14.6. The van der Waals surface area contributed by atoms with Gasteiger partial charge in [0.2, 0.25) is 0 Å². The van der Waals surface area contributed by atoms with Crippen molar-refractivity contribution < 1.29 is 0 Å². The van der Waals surface area contributed by atoms with Crippen molar-refractivity contribution in [1.82, 2.24) is 15.0 Å². The van der Waals surface area contributed by atoms with Crippen LogP contribution in [0.25, 0.3) is 88.8 Å². The van der Waals surface area contributed by atoms with Gasteiger partial charge in [-0.2, -0.15) is 0 Å². The summed E-state index contributed by atoms with van der Waals surface area (Å²) in [7, 11) is 0. The fourth-order valence-electron chi connectivity index (χ4n) is 9.38. The molecule has 4 heteroatoms. The Kier molecular flexibility index (Phi) is 7.31. The number of benzene rings is 8. The SMILES string of the molecule is c1ccc(-c2cccc(-c3nc(-c4ccccc4)nc(-c4cccc(-c5ccc6c(c5)C5(c7ccccc7-6)c6ccccc6-c6c5sc5ccccc65)c4)n3)c2)cc1. The summed E-state index contributed by atoms with van der Waals surface area (Å²) >= 11 is 1.94. The average molecular weight is 756 g/mol. The summed E-state index contributed by atoms with van der Waals surface area (Å²) in [6.07, 6.45) is 0. The van der Waals surface area contributed by atoms with Gasteiger partial charge < -0.3 is 0 Å². The van der Waals surface area contributed by atoms with Crippen molar-refractivity contribution in [3.63, 3.8) is 0 Å².